The zero-order valence-electron chi connectivity index (χ0n) is 20.0. The Kier molecular flexibility index (Phi) is 7.05. The van der Waals surface area contributed by atoms with E-state index < -0.39 is 11.9 Å². The first-order valence-corrected chi connectivity index (χ1v) is 12.9. The molecule has 2 aromatic heterocycles. The summed E-state index contributed by atoms with van der Waals surface area (Å²) in [4.78, 5) is 21.4. The summed E-state index contributed by atoms with van der Waals surface area (Å²) >= 11 is 3.32. The Morgan fingerprint density at radius 3 is 2.75 bits per heavy atom. The van der Waals surface area contributed by atoms with Crippen LogP contribution in [-0.2, 0) is 17.9 Å². The lowest BCUT2D eigenvalue weighted by atomic mass is 9.78. The smallest absolute Gasteiger partial charge is 0.307 e. The monoisotopic (exact) mass is 551 g/mol. The lowest BCUT2D eigenvalue weighted by molar-refractivity contribution is -0.143. The van der Waals surface area contributed by atoms with Crippen molar-refractivity contribution >= 4 is 32.9 Å². The van der Waals surface area contributed by atoms with Crippen molar-refractivity contribution in [1.29, 1.82) is 0 Å². The van der Waals surface area contributed by atoms with Crippen LogP contribution in [0.1, 0.15) is 54.2 Å². The molecule has 186 valence electrons. The first-order valence-electron chi connectivity index (χ1n) is 12.1. The van der Waals surface area contributed by atoms with Gasteiger partial charge >= 0.3 is 5.97 Å². The van der Waals surface area contributed by atoms with E-state index in [0.29, 0.717) is 34.6 Å². The molecule has 1 N–H and O–H groups in total. The molecular formula is C28H27BrFN3O3. The van der Waals surface area contributed by atoms with E-state index in [0.717, 1.165) is 41.6 Å². The third-order valence-electron chi connectivity index (χ3n) is 6.87. The molecule has 1 aliphatic carbocycles. The molecule has 0 aliphatic heterocycles. The van der Waals surface area contributed by atoms with Crippen LogP contribution in [0, 0.1) is 18.7 Å². The van der Waals surface area contributed by atoms with E-state index in [1.54, 1.807) is 18.3 Å². The topological polar surface area (TPSA) is 77.2 Å². The van der Waals surface area contributed by atoms with E-state index in [9.17, 15) is 14.3 Å². The van der Waals surface area contributed by atoms with Crippen LogP contribution in [-0.4, -0.2) is 25.6 Å². The third-order valence-corrected chi connectivity index (χ3v) is 7.36. The number of imidazole rings is 1. The number of aliphatic carboxylic acids is 1. The molecule has 2 heterocycles. The number of ether oxygens (including phenoxy) is 1. The summed E-state index contributed by atoms with van der Waals surface area (Å²) in [7, 11) is 0. The van der Waals surface area contributed by atoms with Crippen LogP contribution >= 0.6 is 15.9 Å². The average molecular weight is 552 g/mol. The van der Waals surface area contributed by atoms with E-state index in [4.69, 9.17) is 9.72 Å². The molecular weight excluding hydrogens is 525 g/mol. The molecule has 36 heavy (non-hydrogen) atoms. The minimum absolute atomic E-state index is 0.233. The van der Waals surface area contributed by atoms with Gasteiger partial charge in [0.05, 0.1) is 29.2 Å². The van der Waals surface area contributed by atoms with Crippen molar-refractivity contribution in [2.75, 3.05) is 0 Å². The summed E-state index contributed by atoms with van der Waals surface area (Å²) < 4.78 is 23.5. The highest BCUT2D eigenvalue weighted by Crippen LogP contribution is 2.39. The molecule has 0 unspecified atom stereocenters. The van der Waals surface area contributed by atoms with Crippen molar-refractivity contribution in [3.63, 3.8) is 0 Å². The zero-order chi connectivity index (χ0) is 25.2. The van der Waals surface area contributed by atoms with E-state index in [2.05, 4.69) is 20.9 Å². The molecule has 1 fully saturated rings. The molecule has 1 aliphatic rings. The highest BCUT2D eigenvalue weighted by Gasteiger charge is 2.35. The minimum Gasteiger partial charge on any atom is -0.487 e. The summed E-state index contributed by atoms with van der Waals surface area (Å²) in [6, 6.07) is 14.5. The summed E-state index contributed by atoms with van der Waals surface area (Å²) in [5.41, 5.74) is 3.93. The second-order valence-corrected chi connectivity index (χ2v) is 10.3. The maximum Gasteiger partial charge on any atom is 0.307 e. The Hall–Kier alpha value is -3.26. The van der Waals surface area contributed by atoms with E-state index >= 15 is 0 Å². The fraction of sp³-hybridized carbons (Fsp3) is 0.321. The van der Waals surface area contributed by atoms with Gasteiger partial charge in [-0.15, -0.1) is 0 Å². The highest BCUT2D eigenvalue weighted by atomic mass is 79.9. The van der Waals surface area contributed by atoms with Crippen LogP contribution in [0.3, 0.4) is 0 Å². The molecule has 0 bridgehead atoms. The summed E-state index contributed by atoms with van der Waals surface area (Å²) in [6.45, 7) is 2.55. The second kappa shape index (κ2) is 10.4. The van der Waals surface area contributed by atoms with Crippen LogP contribution in [0.25, 0.3) is 11.0 Å². The summed E-state index contributed by atoms with van der Waals surface area (Å²) in [5.74, 6) is -0.532. The largest absolute Gasteiger partial charge is 0.487 e. The molecule has 0 saturated heterocycles. The quantitative estimate of drug-likeness (QED) is 0.279. The number of hydrogen-bond acceptors (Lipinski definition) is 4. The fourth-order valence-electron chi connectivity index (χ4n) is 4.96. The van der Waals surface area contributed by atoms with Crippen LogP contribution in [0.15, 0.2) is 59.2 Å². The van der Waals surface area contributed by atoms with E-state index in [1.165, 1.54) is 6.07 Å². The van der Waals surface area contributed by atoms with Crippen LogP contribution in [0.2, 0.25) is 0 Å². The molecule has 2 atom stereocenters. The number of aryl methyl sites for hydroxylation is 1. The first-order chi connectivity index (χ1) is 17.4. The fourth-order valence-corrected chi connectivity index (χ4v) is 5.29. The van der Waals surface area contributed by atoms with Gasteiger partial charge in [-0.2, -0.15) is 0 Å². The summed E-state index contributed by atoms with van der Waals surface area (Å²) in [6.07, 6.45) is 5.00. The standard InChI is InChI=1S/C28H27BrFN3O3/c1-17-6-9-20(31-14-17)16-36-21-10-11-25-26(13-21)33(15-18-7-8-19(29)12-24(18)30)27(32-25)22-4-2-3-5-23(22)28(34)35/h6-14,22-23H,2-5,15-16H2,1H3,(H,34,35)/t22-,23-/m1/s1. The van der Waals surface area contributed by atoms with Gasteiger partial charge in [0.25, 0.3) is 0 Å². The molecule has 2 aromatic carbocycles. The molecule has 1 saturated carbocycles. The van der Waals surface area contributed by atoms with Gasteiger partial charge < -0.3 is 14.4 Å². The molecule has 0 radical (unpaired) electrons. The molecule has 5 rings (SSSR count). The van der Waals surface area contributed by atoms with Crippen molar-refractivity contribution in [2.24, 2.45) is 5.92 Å². The number of hydrogen-bond donors (Lipinski definition) is 1. The number of benzene rings is 2. The Morgan fingerprint density at radius 2 is 2.00 bits per heavy atom. The van der Waals surface area contributed by atoms with Gasteiger partial charge in [-0.05, 0) is 55.7 Å². The van der Waals surface area contributed by atoms with Gasteiger partial charge in [-0.25, -0.2) is 9.37 Å². The van der Waals surface area contributed by atoms with Gasteiger partial charge in [0.15, 0.2) is 0 Å². The average Bonchev–Trinajstić information content (AvgIpc) is 3.22. The lowest BCUT2D eigenvalue weighted by Crippen LogP contribution is -2.28. The van der Waals surface area contributed by atoms with E-state index in [1.807, 2.05) is 41.8 Å². The second-order valence-electron chi connectivity index (χ2n) is 9.39. The zero-order valence-corrected chi connectivity index (χ0v) is 21.5. The van der Waals surface area contributed by atoms with E-state index in [-0.39, 0.29) is 18.3 Å². The van der Waals surface area contributed by atoms with Crippen LogP contribution in [0.4, 0.5) is 4.39 Å². The molecule has 8 heteroatoms. The number of fused-ring (bicyclic) bond motifs is 1. The third kappa shape index (κ3) is 5.14. The number of halogens is 2. The molecule has 0 spiro atoms. The van der Waals surface area contributed by atoms with Crippen molar-refractivity contribution in [3.8, 4) is 5.75 Å². The number of carbonyl (C=O) groups is 1. The SMILES string of the molecule is Cc1ccc(COc2ccc3nc([C@@H]4CCCC[C@H]4C(=O)O)n(Cc4ccc(Br)cc4F)c3c2)nc1. The van der Waals surface area contributed by atoms with Crippen LogP contribution < -0.4 is 4.74 Å². The minimum atomic E-state index is -0.803. The maximum atomic E-state index is 14.8. The molecule has 0 amide bonds. The lowest BCUT2D eigenvalue weighted by Gasteiger charge is -2.28. The predicted molar refractivity (Wildman–Crippen MR) is 139 cm³/mol. The number of carboxylic acid groups (broad SMARTS) is 1. The van der Waals surface area contributed by atoms with Crippen molar-refractivity contribution in [2.45, 2.75) is 51.7 Å². The van der Waals surface area contributed by atoms with Gasteiger partial charge in [-0.3, -0.25) is 9.78 Å². The Morgan fingerprint density at radius 1 is 1.17 bits per heavy atom. The molecule has 4 aromatic rings. The number of rotatable bonds is 7. The number of aromatic nitrogens is 3. The first kappa shape index (κ1) is 24.4. The Balaban J connectivity index is 1.55. The molecule has 6 nitrogen and oxygen atoms in total. The number of nitrogens with zero attached hydrogens (tertiary/aromatic N) is 3. The van der Waals surface area contributed by atoms with Gasteiger partial charge in [0.2, 0.25) is 0 Å². The normalized spacial score (nSPS) is 17.9. The Bertz CT molecular complexity index is 1400. The van der Waals surface area contributed by atoms with Crippen molar-refractivity contribution < 1.29 is 19.0 Å². The Labute approximate surface area is 217 Å². The maximum absolute atomic E-state index is 14.8. The van der Waals surface area contributed by atoms with Crippen molar-refractivity contribution in [3.05, 3.63) is 87.7 Å². The van der Waals surface area contributed by atoms with Gasteiger partial charge in [-0.1, -0.05) is 40.9 Å². The number of pyridine rings is 1. The van der Waals surface area contributed by atoms with Crippen LogP contribution in [0.5, 0.6) is 5.75 Å². The van der Waals surface area contributed by atoms with Gasteiger partial charge in [0, 0.05) is 28.2 Å². The number of carboxylic acids is 1. The summed E-state index contributed by atoms with van der Waals surface area (Å²) in [5, 5.41) is 9.91. The van der Waals surface area contributed by atoms with Gasteiger partial charge in [0.1, 0.15) is 24.0 Å². The highest BCUT2D eigenvalue weighted by molar-refractivity contribution is 9.10. The predicted octanol–water partition coefficient (Wildman–Crippen LogP) is 6.63. The van der Waals surface area contributed by atoms with Crippen molar-refractivity contribution in [1.82, 2.24) is 14.5 Å².